The Balaban J connectivity index is 1.74. The van der Waals surface area contributed by atoms with E-state index in [1.807, 2.05) is 6.07 Å². The molecular weight excluding hydrogens is 344 g/mol. The molecule has 0 unspecified atom stereocenters. The molecule has 3 rings (SSSR count). The van der Waals surface area contributed by atoms with Gasteiger partial charge in [-0.1, -0.05) is 19.1 Å². The van der Waals surface area contributed by atoms with Gasteiger partial charge in [-0.05, 0) is 24.7 Å². The minimum Gasteiger partial charge on any atom is -0.465 e. The molecule has 142 valence electrons. The number of likely N-dealkylation sites (N-methyl/N-ethyl adjacent to an activating group) is 1. The number of hydrogen-bond acceptors (Lipinski definition) is 6. The first-order chi connectivity index (χ1) is 13.1. The van der Waals surface area contributed by atoms with Crippen LogP contribution in [0, 0.1) is 0 Å². The lowest BCUT2D eigenvalue weighted by atomic mass is 10.1. The maximum atomic E-state index is 12.7. The molecule has 7 nitrogen and oxygen atoms in total. The van der Waals surface area contributed by atoms with Crippen LogP contribution in [-0.2, 0) is 4.74 Å². The number of hydrogen-bond donors (Lipinski definition) is 1. The molecule has 1 aromatic carbocycles. The second kappa shape index (κ2) is 8.64. The molecule has 1 fully saturated rings. The number of ether oxygens (including phenoxy) is 1. The number of carbonyl (C=O) groups excluding carboxylic acids is 2. The first-order valence-electron chi connectivity index (χ1n) is 9.03. The molecule has 2 aromatic rings. The van der Waals surface area contributed by atoms with E-state index in [4.69, 9.17) is 4.74 Å². The number of aromatic nitrogens is 1. The van der Waals surface area contributed by atoms with Gasteiger partial charge in [0.2, 0.25) is 0 Å². The zero-order chi connectivity index (χ0) is 19.2. The van der Waals surface area contributed by atoms with Crippen LogP contribution in [-0.4, -0.2) is 61.6 Å². The molecule has 0 bridgehead atoms. The SMILES string of the molecule is CCN1CCN(c2cncc(C(=O)Nc3ccccc3C(=O)OC)c2)CC1. The van der Waals surface area contributed by atoms with Crippen molar-refractivity contribution in [2.75, 3.05) is 50.1 Å². The van der Waals surface area contributed by atoms with Gasteiger partial charge in [0.25, 0.3) is 5.91 Å². The summed E-state index contributed by atoms with van der Waals surface area (Å²) >= 11 is 0. The van der Waals surface area contributed by atoms with Crippen LogP contribution in [0.2, 0.25) is 0 Å². The number of piperazine rings is 1. The molecule has 1 amide bonds. The second-order valence-electron chi connectivity index (χ2n) is 6.34. The van der Waals surface area contributed by atoms with Gasteiger partial charge in [0.1, 0.15) is 0 Å². The molecule has 1 aromatic heterocycles. The zero-order valence-corrected chi connectivity index (χ0v) is 15.6. The van der Waals surface area contributed by atoms with Crippen LogP contribution in [0.1, 0.15) is 27.6 Å². The van der Waals surface area contributed by atoms with Crippen molar-refractivity contribution in [3.8, 4) is 0 Å². The van der Waals surface area contributed by atoms with E-state index in [9.17, 15) is 9.59 Å². The van der Waals surface area contributed by atoms with Crippen molar-refractivity contribution in [2.24, 2.45) is 0 Å². The molecule has 1 aliphatic rings. The number of nitrogens with zero attached hydrogens (tertiary/aromatic N) is 3. The van der Waals surface area contributed by atoms with Crippen molar-refractivity contribution in [3.05, 3.63) is 53.9 Å². The summed E-state index contributed by atoms with van der Waals surface area (Å²) in [5.74, 6) is -0.806. The van der Waals surface area contributed by atoms with Gasteiger partial charge in [0, 0.05) is 32.4 Å². The molecule has 0 spiro atoms. The molecule has 27 heavy (non-hydrogen) atoms. The van der Waals surface area contributed by atoms with Crippen LogP contribution in [0.15, 0.2) is 42.7 Å². The Morgan fingerprint density at radius 1 is 1.15 bits per heavy atom. The Morgan fingerprint density at radius 3 is 2.59 bits per heavy atom. The van der Waals surface area contributed by atoms with E-state index in [0.717, 1.165) is 38.4 Å². The largest absolute Gasteiger partial charge is 0.465 e. The Morgan fingerprint density at radius 2 is 1.89 bits per heavy atom. The molecule has 0 radical (unpaired) electrons. The third-order valence-corrected chi connectivity index (χ3v) is 4.75. The summed E-state index contributed by atoms with van der Waals surface area (Å²) in [6.45, 7) is 7.03. The third-order valence-electron chi connectivity index (χ3n) is 4.75. The number of anilines is 2. The Hall–Kier alpha value is -2.93. The summed E-state index contributed by atoms with van der Waals surface area (Å²) in [6.07, 6.45) is 3.31. The highest BCUT2D eigenvalue weighted by atomic mass is 16.5. The summed E-state index contributed by atoms with van der Waals surface area (Å²) in [5.41, 5.74) is 2.11. The highest BCUT2D eigenvalue weighted by molar-refractivity contribution is 6.08. The maximum absolute atomic E-state index is 12.7. The smallest absolute Gasteiger partial charge is 0.339 e. The number of esters is 1. The third kappa shape index (κ3) is 4.43. The minimum atomic E-state index is -0.494. The fourth-order valence-electron chi connectivity index (χ4n) is 3.12. The molecular formula is C20H24N4O3. The van der Waals surface area contributed by atoms with Crippen molar-refractivity contribution >= 4 is 23.3 Å². The number of methoxy groups -OCH3 is 1. The molecule has 1 aliphatic heterocycles. The number of pyridine rings is 1. The number of rotatable bonds is 5. The van der Waals surface area contributed by atoms with Gasteiger partial charge < -0.3 is 19.9 Å². The molecule has 1 saturated heterocycles. The van der Waals surface area contributed by atoms with E-state index in [0.29, 0.717) is 16.8 Å². The van der Waals surface area contributed by atoms with Crippen molar-refractivity contribution in [2.45, 2.75) is 6.92 Å². The summed E-state index contributed by atoms with van der Waals surface area (Å²) in [7, 11) is 1.31. The van der Waals surface area contributed by atoms with Gasteiger partial charge in [-0.25, -0.2) is 4.79 Å². The molecule has 1 N–H and O–H groups in total. The van der Waals surface area contributed by atoms with E-state index in [-0.39, 0.29) is 5.91 Å². The summed E-state index contributed by atoms with van der Waals surface area (Å²) in [4.78, 5) is 33.4. The van der Waals surface area contributed by atoms with Gasteiger partial charge >= 0.3 is 5.97 Å². The van der Waals surface area contributed by atoms with Gasteiger partial charge in [-0.3, -0.25) is 9.78 Å². The van der Waals surface area contributed by atoms with Gasteiger partial charge in [-0.2, -0.15) is 0 Å². The predicted octanol–water partition coefficient (Wildman–Crippen LogP) is 2.26. The minimum absolute atomic E-state index is 0.312. The van der Waals surface area contributed by atoms with Crippen molar-refractivity contribution in [3.63, 3.8) is 0 Å². The molecule has 0 saturated carbocycles. The molecule has 7 heteroatoms. The Bertz CT molecular complexity index is 816. The second-order valence-corrected chi connectivity index (χ2v) is 6.34. The van der Waals surface area contributed by atoms with Crippen LogP contribution < -0.4 is 10.2 Å². The van der Waals surface area contributed by atoms with Crippen LogP contribution in [0.4, 0.5) is 11.4 Å². The highest BCUT2D eigenvalue weighted by Gasteiger charge is 2.18. The van der Waals surface area contributed by atoms with E-state index in [1.165, 1.54) is 13.3 Å². The Labute approximate surface area is 158 Å². The fourth-order valence-corrected chi connectivity index (χ4v) is 3.12. The van der Waals surface area contributed by atoms with E-state index in [1.54, 1.807) is 30.5 Å². The standard InChI is InChI=1S/C20H24N4O3/c1-3-23-8-10-24(11-9-23)16-12-15(13-21-14-16)19(25)22-18-7-5-4-6-17(18)20(26)27-2/h4-7,12-14H,3,8-11H2,1-2H3,(H,22,25). The average molecular weight is 368 g/mol. The first kappa shape index (κ1) is 18.8. The summed E-state index contributed by atoms with van der Waals surface area (Å²) in [6, 6.07) is 8.60. The van der Waals surface area contributed by atoms with E-state index >= 15 is 0 Å². The maximum Gasteiger partial charge on any atom is 0.339 e. The van der Waals surface area contributed by atoms with Crippen molar-refractivity contribution < 1.29 is 14.3 Å². The number of benzene rings is 1. The highest BCUT2D eigenvalue weighted by Crippen LogP contribution is 2.20. The normalized spacial score (nSPS) is 14.7. The number of carbonyl (C=O) groups is 2. The van der Waals surface area contributed by atoms with Gasteiger partial charge in [0.15, 0.2) is 0 Å². The predicted molar refractivity (Wildman–Crippen MR) is 104 cm³/mol. The summed E-state index contributed by atoms with van der Waals surface area (Å²) in [5, 5.41) is 2.78. The lowest BCUT2D eigenvalue weighted by Gasteiger charge is -2.35. The van der Waals surface area contributed by atoms with Crippen LogP contribution in [0.25, 0.3) is 0 Å². The Kier molecular flexibility index (Phi) is 6.03. The number of para-hydroxylation sites is 1. The summed E-state index contributed by atoms with van der Waals surface area (Å²) < 4.78 is 4.77. The van der Waals surface area contributed by atoms with E-state index < -0.39 is 5.97 Å². The zero-order valence-electron chi connectivity index (χ0n) is 15.6. The number of amides is 1. The molecule has 0 atom stereocenters. The molecule has 2 heterocycles. The topological polar surface area (TPSA) is 74.8 Å². The van der Waals surface area contributed by atoms with E-state index in [2.05, 4.69) is 27.0 Å². The lowest BCUT2D eigenvalue weighted by molar-refractivity contribution is 0.0602. The first-order valence-corrected chi connectivity index (χ1v) is 9.03. The van der Waals surface area contributed by atoms with Crippen LogP contribution in [0.5, 0.6) is 0 Å². The number of nitrogens with one attached hydrogen (secondary N) is 1. The van der Waals surface area contributed by atoms with Gasteiger partial charge in [0.05, 0.1) is 35.8 Å². The average Bonchev–Trinajstić information content (AvgIpc) is 2.73. The lowest BCUT2D eigenvalue weighted by Crippen LogP contribution is -2.46. The monoisotopic (exact) mass is 368 g/mol. The van der Waals surface area contributed by atoms with Gasteiger partial charge in [-0.15, -0.1) is 0 Å². The van der Waals surface area contributed by atoms with Crippen molar-refractivity contribution in [1.82, 2.24) is 9.88 Å². The van der Waals surface area contributed by atoms with Crippen LogP contribution in [0.3, 0.4) is 0 Å². The fraction of sp³-hybridized carbons (Fsp3) is 0.350. The molecule has 0 aliphatic carbocycles. The van der Waals surface area contributed by atoms with Crippen LogP contribution >= 0.6 is 0 Å². The quantitative estimate of drug-likeness (QED) is 0.816. The van der Waals surface area contributed by atoms with Crippen molar-refractivity contribution in [1.29, 1.82) is 0 Å².